The van der Waals surface area contributed by atoms with E-state index in [1.807, 2.05) is 13.0 Å². The standard InChI is InChI=1S/C18H26N4/c1-6-13(4)19-16-11-17(21-14(5)20-16)22-18-12(3)9-8-10-15(18)7-2/h8-11,13H,6-7H2,1-5H3,(H2,19,20,21,22). The van der Waals surface area contributed by atoms with Crippen LogP contribution in [0.25, 0.3) is 0 Å². The van der Waals surface area contributed by atoms with Crippen LogP contribution in [0.4, 0.5) is 17.3 Å². The number of rotatable bonds is 6. The minimum Gasteiger partial charge on any atom is -0.367 e. The molecule has 0 bridgehead atoms. The second kappa shape index (κ2) is 7.25. The Labute approximate surface area is 133 Å². The number of aryl methyl sites for hydroxylation is 3. The molecule has 2 aromatic rings. The molecule has 0 spiro atoms. The van der Waals surface area contributed by atoms with E-state index in [4.69, 9.17) is 0 Å². The zero-order chi connectivity index (χ0) is 16.1. The van der Waals surface area contributed by atoms with Gasteiger partial charge in [-0.2, -0.15) is 0 Å². The zero-order valence-electron chi connectivity index (χ0n) is 14.2. The summed E-state index contributed by atoms with van der Waals surface area (Å²) in [7, 11) is 0. The van der Waals surface area contributed by atoms with Gasteiger partial charge in [0, 0.05) is 17.8 Å². The fourth-order valence-electron chi connectivity index (χ4n) is 2.39. The molecular formula is C18H26N4. The van der Waals surface area contributed by atoms with Gasteiger partial charge in [0.05, 0.1) is 0 Å². The van der Waals surface area contributed by atoms with Crippen molar-refractivity contribution < 1.29 is 0 Å². The van der Waals surface area contributed by atoms with E-state index >= 15 is 0 Å². The molecule has 0 saturated heterocycles. The van der Waals surface area contributed by atoms with Crippen LogP contribution in [0.15, 0.2) is 24.3 Å². The van der Waals surface area contributed by atoms with Gasteiger partial charge in [0.1, 0.15) is 17.5 Å². The molecular weight excluding hydrogens is 272 g/mol. The molecule has 4 nitrogen and oxygen atoms in total. The Morgan fingerprint density at radius 3 is 2.50 bits per heavy atom. The Hall–Kier alpha value is -2.10. The first-order valence-corrected chi connectivity index (χ1v) is 8.01. The highest BCUT2D eigenvalue weighted by atomic mass is 15.1. The average Bonchev–Trinajstić information content (AvgIpc) is 2.48. The summed E-state index contributed by atoms with van der Waals surface area (Å²) < 4.78 is 0. The van der Waals surface area contributed by atoms with Gasteiger partial charge in [0.15, 0.2) is 0 Å². The zero-order valence-corrected chi connectivity index (χ0v) is 14.2. The molecule has 1 heterocycles. The molecule has 2 N–H and O–H groups in total. The number of hydrogen-bond donors (Lipinski definition) is 2. The highest BCUT2D eigenvalue weighted by Crippen LogP contribution is 2.25. The van der Waals surface area contributed by atoms with E-state index < -0.39 is 0 Å². The van der Waals surface area contributed by atoms with Crippen LogP contribution >= 0.6 is 0 Å². The first-order valence-electron chi connectivity index (χ1n) is 8.01. The molecule has 1 unspecified atom stereocenters. The monoisotopic (exact) mass is 298 g/mol. The Kier molecular flexibility index (Phi) is 5.36. The number of nitrogens with one attached hydrogen (secondary N) is 2. The van der Waals surface area contributed by atoms with Crippen LogP contribution in [-0.2, 0) is 6.42 Å². The number of hydrogen-bond acceptors (Lipinski definition) is 4. The minimum atomic E-state index is 0.395. The number of aromatic nitrogens is 2. The molecule has 0 amide bonds. The lowest BCUT2D eigenvalue weighted by Gasteiger charge is -2.16. The van der Waals surface area contributed by atoms with Crippen LogP contribution in [0.2, 0.25) is 0 Å². The molecule has 1 aromatic heterocycles. The van der Waals surface area contributed by atoms with E-state index in [2.05, 4.69) is 66.5 Å². The molecule has 118 valence electrons. The molecule has 4 heteroatoms. The first kappa shape index (κ1) is 16.3. The van der Waals surface area contributed by atoms with Crippen molar-refractivity contribution in [2.24, 2.45) is 0 Å². The number of benzene rings is 1. The van der Waals surface area contributed by atoms with Crippen LogP contribution in [0.1, 0.15) is 44.1 Å². The average molecular weight is 298 g/mol. The van der Waals surface area contributed by atoms with E-state index in [1.165, 1.54) is 11.1 Å². The normalized spacial score (nSPS) is 12.0. The van der Waals surface area contributed by atoms with E-state index in [1.54, 1.807) is 0 Å². The maximum absolute atomic E-state index is 4.52. The highest BCUT2D eigenvalue weighted by Gasteiger charge is 2.08. The number of nitrogens with zero attached hydrogens (tertiary/aromatic N) is 2. The second-order valence-corrected chi connectivity index (χ2v) is 5.73. The summed E-state index contributed by atoms with van der Waals surface area (Å²) in [6.45, 7) is 10.5. The Bertz CT molecular complexity index is 637. The Balaban J connectivity index is 2.30. The predicted octanol–water partition coefficient (Wildman–Crippen LogP) is 4.61. The Morgan fingerprint density at radius 2 is 1.82 bits per heavy atom. The largest absolute Gasteiger partial charge is 0.367 e. The third-order valence-corrected chi connectivity index (χ3v) is 3.84. The second-order valence-electron chi connectivity index (χ2n) is 5.73. The van der Waals surface area contributed by atoms with Crippen LogP contribution < -0.4 is 10.6 Å². The van der Waals surface area contributed by atoms with Gasteiger partial charge in [-0.05, 0) is 44.7 Å². The van der Waals surface area contributed by atoms with Crippen LogP contribution in [-0.4, -0.2) is 16.0 Å². The lowest BCUT2D eigenvalue weighted by Crippen LogP contribution is -2.15. The molecule has 0 fully saturated rings. The van der Waals surface area contributed by atoms with E-state index in [9.17, 15) is 0 Å². The quantitative estimate of drug-likeness (QED) is 0.817. The van der Waals surface area contributed by atoms with Gasteiger partial charge in [-0.1, -0.05) is 32.0 Å². The summed E-state index contributed by atoms with van der Waals surface area (Å²) >= 11 is 0. The van der Waals surface area contributed by atoms with Crippen molar-refractivity contribution in [1.29, 1.82) is 0 Å². The fourth-order valence-corrected chi connectivity index (χ4v) is 2.39. The van der Waals surface area contributed by atoms with Gasteiger partial charge in [-0.15, -0.1) is 0 Å². The molecule has 0 aliphatic carbocycles. The molecule has 1 atom stereocenters. The smallest absolute Gasteiger partial charge is 0.136 e. The molecule has 0 saturated carbocycles. The van der Waals surface area contributed by atoms with Crippen LogP contribution in [0.3, 0.4) is 0 Å². The first-order chi connectivity index (χ1) is 10.5. The minimum absolute atomic E-state index is 0.395. The van der Waals surface area contributed by atoms with Crippen molar-refractivity contribution in [3.63, 3.8) is 0 Å². The number of anilines is 3. The van der Waals surface area contributed by atoms with Gasteiger partial charge in [0.2, 0.25) is 0 Å². The molecule has 1 aromatic carbocycles. The Morgan fingerprint density at radius 1 is 1.09 bits per heavy atom. The van der Waals surface area contributed by atoms with Crippen molar-refractivity contribution in [3.8, 4) is 0 Å². The topological polar surface area (TPSA) is 49.8 Å². The van der Waals surface area contributed by atoms with Crippen molar-refractivity contribution in [3.05, 3.63) is 41.2 Å². The third kappa shape index (κ3) is 3.97. The van der Waals surface area contributed by atoms with E-state index in [0.717, 1.165) is 36.0 Å². The van der Waals surface area contributed by atoms with Crippen LogP contribution in [0.5, 0.6) is 0 Å². The van der Waals surface area contributed by atoms with Crippen LogP contribution in [0, 0.1) is 13.8 Å². The fraction of sp³-hybridized carbons (Fsp3) is 0.444. The van der Waals surface area contributed by atoms with Crippen molar-refractivity contribution in [2.75, 3.05) is 10.6 Å². The highest BCUT2D eigenvalue weighted by molar-refractivity contribution is 5.66. The van der Waals surface area contributed by atoms with Crippen molar-refractivity contribution in [1.82, 2.24) is 9.97 Å². The summed E-state index contributed by atoms with van der Waals surface area (Å²) in [5.41, 5.74) is 3.68. The molecule has 0 radical (unpaired) electrons. The SMILES string of the molecule is CCc1cccc(C)c1Nc1cc(NC(C)CC)nc(C)n1. The van der Waals surface area contributed by atoms with Crippen molar-refractivity contribution >= 4 is 17.3 Å². The molecule has 0 aliphatic rings. The summed E-state index contributed by atoms with van der Waals surface area (Å²) in [6.07, 6.45) is 2.05. The summed E-state index contributed by atoms with van der Waals surface area (Å²) in [5, 5.41) is 6.88. The van der Waals surface area contributed by atoms with E-state index in [-0.39, 0.29) is 0 Å². The molecule has 2 rings (SSSR count). The van der Waals surface area contributed by atoms with E-state index in [0.29, 0.717) is 6.04 Å². The van der Waals surface area contributed by atoms with Gasteiger partial charge in [-0.25, -0.2) is 9.97 Å². The lowest BCUT2D eigenvalue weighted by molar-refractivity contribution is 0.757. The van der Waals surface area contributed by atoms with Gasteiger partial charge >= 0.3 is 0 Å². The van der Waals surface area contributed by atoms with Crippen molar-refractivity contribution in [2.45, 2.75) is 53.5 Å². The van der Waals surface area contributed by atoms with Gasteiger partial charge in [0.25, 0.3) is 0 Å². The summed E-state index contributed by atoms with van der Waals surface area (Å²) in [4.78, 5) is 8.98. The maximum Gasteiger partial charge on any atom is 0.136 e. The summed E-state index contributed by atoms with van der Waals surface area (Å²) in [6, 6.07) is 8.74. The predicted molar refractivity (Wildman–Crippen MR) is 94.0 cm³/mol. The molecule has 22 heavy (non-hydrogen) atoms. The molecule has 0 aliphatic heterocycles. The summed E-state index contributed by atoms with van der Waals surface area (Å²) in [5.74, 6) is 2.47. The maximum atomic E-state index is 4.52. The third-order valence-electron chi connectivity index (χ3n) is 3.84. The van der Waals surface area contributed by atoms with Gasteiger partial charge < -0.3 is 10.6 Å². The number of para-hydroxylation sites is 1. The lowest BCUT2D eigenvalue weighted by atomic mass is 10.1. The van der Waals surface area contributed by atoms with Gasteiger partial charge in [-0.3, -0.25) is 0 Å².